The molecular weight excluding hydrogens is 535 g/mol. The number of oxime groups is 1. The summed E-state index contributed by atoms with van der Waals surface area (Å²) in [7, 11) is 1.29. The van der Waals surface area contributed by atoms with Gasteiger partial charge in [0.05, 0.1) is 10.4 Å². The summed E-state index contributed by atoms with van der Waals surface area (Å²) in [6.45, 7) is -0.0280. The number of thioether (sulfide) groups is 1. The number of carboxylic acid groups (broad SMARTS) is 1. The fraction of sp³-hybridized carbons (Fsp3) is 0.333. The molecule has 34 heavy (non-hydrogen) atoms. The van der Waals surface area contributed by atoms with Crippen molar-refractivity contribution >= 4 is 80.7 Å². The molecule has 0 aliphatic carbocycles. The summed E-state index contributed by atoms with van der Waals surface area (Å²) in [5.41, 5.74) is 6.02. The number of aliphatic carboxylic acids is 1. The number of nitrogens with zero attached hydrogens (tertiary/aromatic N) is 4. The molecule has 0 aromatic carbocycles. The first-order valence-electron chi connectivity index (χ1n) is 9.33. The Bertz CT molecular complexity index is 1180. The Morgan fingerprint density at radius 3 is 2.85 bits per heavy atom. The van der Waals surface area contributed by atoms with Crippen LogP contribution in [0.2, 0.25) is 5.15 Å². The molecule has 2 amide bonds. The summed E-state index contributed by atoms with van der Waals surface area (Å²) < 4.78 is 0. The number of nitrogen functional groups attached to an aromatic ring is 1. The number of carbonyl (C=O) groups excluding carboxylic acids is 2. The van der Waals surface area contributed by atoms with E-state index >= 15 is 0 Å². The van der Waals surface area contributed by atoms with Crippen LogP contribution in [0.4, 0.5) is 5.13 Å². The van der Waals surface area contributed by atoms with Crippen LogP contribution in [-0.2, 0) is 19.2 Å². The number of amides is 2. The second-order valence-electron chi connectivity index (χ2n) is 7.11. The van der Waals surface area contributed by atoms with Crippen LogP contribution < -0.4 is 40.6 Å². The summed E-state index contributed by atoms with van der Waals surface area (Å²) in [5.74, 6) is -1.88. The average molecular weight is 553 g/mol. The van der Waals surface area contributed by atoms with E-state index in [-0.39, 0.29) is 70.9 Å². The topological polar surface area (TPSA) is 160 Å². The largest absolute Gasteiger partial charge is 1.00 e. The standard InChI is InChI=1S/C18H17ClN6O5S3.Na.H/c1-30-24-10(8-4-31-17(20)22-8)13(26)23-11-14(27)25-5-18(16(28)29,6-32-15(11)25)3-2-9-12(19)21-7-33-9;;/h2-4,7,11,15H,5-6H2,1H3,(H2,20,22)(H,23,26)(H,28,29);;/q;+1;-1/t11?,15-,18?;;/m1../s1. The number of carbonyl (C=O) groups is 3. The predicted octanol–water partition coefficient (Wildman–Crippen LogP) is -1.51. The third kappa shape index (κ3) is 5.12. The van der Waals surface area contributed by atoms with E-state index in [2.05, 4.69) is 20.4 Å². The van der Waals surface area contributed by atoms with Crippen LogP contribution in [0, 0.1) is 5.41 Å². The summed E-state index contributed by atoms with van der Waals surface area (Å²) >= 11 is 9.69. The van der Waals surface area contributed by atoms with E-state index in [1.54, 1.807) is 23.0 Å². The Hall–Kier alpha value is -1.68. The number of rotatable bonds is 7. The van der Waals surface area contributed by atoms with E-state index in [1.807, 2.05) is 0 Å². The number of thiazole rings is 2. The number of nitrogens with one attached hydrogen (secondary N) is 1. The van der Waals surface area contributed by atoms with Crippen molar-refractivity contribution in [1.29, 1.82) is 0 Å². The molecule has 2 aromatic heterocycles. The van der Waals surface area contributed by atoms with E-state index in [9.17, 15) is 19.5 Å². The van der Waals surface area contributed by atoms with Crippen LogP contribution in [0.3, 0.4) is 0 Å². The van der Waals surface area contributed by atoms with Gasteiger partial charge in [-0.1, -0.05) is 22.8 Å². The molecule has 11 nitrogen and oxygen atoms in total. The van der Waals surface area contributed by atoms with Gasteiger partial charge < -0.3 is 27.3 Å². The van der Waals surface area contributed by atoms with E-state index < -0.39 is 28.7 Å². The van der Waals surface area contributed by atoms with Crippen molar-refractivity contribution < 1.29 is 55.3 Å². The van der Waals surface area contributed by atoms with Gasteiger partial charge in [-0.15, -0.1) is 34.4 Å². The molecule has 176 valence electrons. The van der Waals surface area contributed by atoms with Crippen molar-refractivity contribution in [3.05, 3.63) is 32.7 Å². The average Bonchev–Trinajstić information content (AvgIpc) is 3.41. The van der Waals surface area contributed by atoms with Gasteiger partial charge in [0.1, 0.15) is 34.8 Å². The number of anilines is 1. The van der Waals surface area contributed by atoms with Crippen LogP contribution in [0.15, 0.2) is 22.1 Å². The molecule has 2 aliphatic rings. The van der Waals surface area contributed by atoms with Crippen molar-refractivity contribution in [3.63, 3.8) is 0 Å². The Morgan fingerprint density at radius 1 is 1.50 bits per heavy atom. The van der Waals surface area contributed by atoms with Gasteiger partial charge in [0.25, 0.3) is 5.91 Å². The first-order valence-corrected chi connectivity index (χ1v) is 12.5. The van der Waals surface area contributed by atoms with E-state index in [0.717, 1.165) is 11.3 Å². The number of hydrogen-bond acceptors (Lipinski definition) is 11. The number of halogens is 1. The van der Waals surface area contributed by atoms with Gasteiger partial charge in [0.15, 0.2) is 10.8 Å². The van der Waals surface area contributed by atoms with Crippen LogP contribution in [0.1, 0.15) is 12.0 Å². The van der Waals surface area contributed by atoms with Gasteiger partial charge in [-0.25, -0.2) is 9.97 Å². The molecule has 2 saturated heterocycles. The fourth-order valence-corrected chi connectivity index (χ4v) is 6.32. The van der Waals surface area contributed by atoms with Crippen LogP contribution in [0.25, 0.3) is 6.08 Å². The molecule has 4 rings (SSSR count). The summed E-state index contributed by atoms with van der Waals surface area (Å²) in [4.78, 5) is 52.5. The van der Waals surface area contributed by atoms with Crippen LogP contribution in [0.5, 0.6) is 0 Å². The normalized spacial score (nSPS) is 24.2. The predicted molar refractivity (Wildman–Crippen MR) is 127 cm³/mol. The molecule has 0 saturated carbocycles. The monoisotopic (exact) mass is 552 g/mol. The molecule has 4 heterocycles. The Morgan fingerprint density at radius 2 is 2.26 bits per heavy atom. The van der Waals surface area contributed by atoms with Crippen LogP contribution in [-0.4, -0.2) is 74.3 Å². The summed E-state index contributed by atoms with van der Waals surface area (Å²) in [5, 5.41) is 18.0. The minimum Gasteiger partial charge on any atom is -1.00 e. The maximum Gasteiger partial charge on any atom is 1.00 e. The third-order valence-electron chi connectivity index (χ3n) is 5.08. The van der Waals surface area contributed by atoms with Gasteiger partial charge in [0, 0.05) is 17.7 Å². The summed E-state index contributed by atoms with van der Waals surface area (Å²) in [6.07, 6.45) is 3.17. The van der Waals surface area contributed by atoms with Crippen molar-refractivity contribution in [2.45, 2.75) is 11.4 Å². The number of hydrogen-bond donors (Lipinski definition) is 3. The van der Waals surface area contributed by atoms with Crippen LogP contribution >= 0.6 is 46.0 Å². The number of fused-ring (bicyclic) bond motifs is 1. The molecule has 2 fully saturated rings. The Balaban J connectivity index is 0.00000216. The molecule has 4 N–H and O–H groups in total. The molecule has 16 heteroatoms. The fourth-order valence-electron chi connectivity index (χ4n) is 3.38. The first kappa shape index (κ1) is 26.9. The second kappa shape index (κ2) is 10.9. The zero-order valence-electron chi connectivity index (χ0n) is 18.9. The third-order valence-corrected chi connectivity index (χ3v) is 8.51. The van der Waals surface area contributed by atoms with E-state index in [0.29, 0.717) is 4.88 Å². The zero-order valence-corrected chi connectivity index (χ0v) is 23.1. The SMILES string of the molecule is CON=C(C(=O)NC1C(=O)N2CC(C=Cc3scnc3Cl)(C(=O)O)CS[C@H]12)c1csc(N)n1.[H-].[Na+]. The smallest absolute Gasteiger partial charge is 1.00 e. The zero-order chi connectivity index (χ0) is 23.8. The number of nitrogens with two attached hydrogens (primary N) is 1. The van der Waals surface area contributed by atoms with Gasteiger partial charge in [-0.3, -0.25) is 14.4 Å². The molecule has 0 radical (unpaired) electrons. The van der Waals surface area contributed by atoms with E-state index in [4.69, 9.17) is 22.2 Å². The number of carboxylic acids is 1. The number of aromatic nitrogens is 2. The minimum atomic E-state index is -1.29. The van der Waals surface area contributed by atoms with E-state index in [1.165, 1.54) is 35.1 Å². The minimum absolute atomic E-state index is 0. The quantitative estimate of drug-likeness (QED) is 0.160. The van der Waals surface area contributed by atoms with Crippen molar-refractivity contribution in [2.75, 3.05) is 25.1 Å². The molecule has 0 spiro atoms. The van der Waals surface area contributed by atoms with Gasteiger partial charge >= 0.3 is 35.5 Å². The molecule has 2 aliphatic heterocycles. The molecular formula is C18H18ClN6NaO5S3. The van der Waals surface area contributed by atoms with Crippen molar-refractivity contribution in [2.24, 2.45) is 10.6 Å². The first-order chi connectivity index (χ1) is 15.8. The molecule has 2 aromatic rings. The molecule has 2 unspecified atom stereocenters. The van der Waals surface area contributed by atoms with Crippen molar-refractivity contribution in [3.8, 4) is 0 Å². The van der Waals surface area contributed by atoms with Gasteiger partial charge in [-0.2, -0.15) is 0 Å². The maximum atomic E-state index is 12.8. The maximum absolute atomic E-state index is 12.8. The molecule has 0 bridgehead atoms. The van der Waals surface area contributed by atoms with Gasteiger partial charge in [0.2, 0.25) is 5.91 Å². The van der Waals surface area contributed by atoms with Gasteiger partial charge in [-0.05, 0) is 6.08 Å². The summed E-state index contributed by atoms with van der Waals surface area (Å²) in [6, 6.07) is -0.827. The Kier molecular flexibility index (Phi) is 8.65. The van der Waals surface area contributed by atoms with Crippen molar-refractivity contribution in [1.82, 2.24) is 20.2 Å². The molecule has 3 atom stereocenters. The Labute approximate surface area is 234 Å². The second-order valence-corrected chi connectivity index (χ2v) is 10.4. The number of β-lactam (4-membered cyclic amide) rings is 1.